The van der Waals surface area contributed by atoms with Crippen LogP contribution in [0.1, 0.15) is 12.8 Å². The number of primary amides is 1. The van der Waals surface area contributed by atoms with Crippen LogP contribution in [0.2, 0.25) is 0 Å². The molecule has 0 saturated heterocycles. The van der Waals surface area contributed by atoms with Crippen LogP contribution in [0.5, 0.6) is 0 Å². The van der Waals surface area contributed by atoms with Gasteiger partial charge in [-0.1, -0.05) is 0 Å². The number of amides is 2. The van der Waals surface area contributed by atoms with Crippen molar-refractivity contribution in [3.05, 3.63) is 0 Å². The number of rotatable bonds is 5. The molecule has 2 amide bonds. The third-order valence-corrected chi connectivity index (χ3v) is 1.31. The van der Waals surface area contributed by atoms with Crippen molar-refractivity contribution in [2.45, 2.75) is 18.9 Å². The first-order valence-electron chi connectivity index (χ1n) is 3.55. The van der Waals surface area contributed by atoms with Crippen molar-refractivity contribution in [1.82, 2.24) is 5.32 Å². The highest BCUT2D eigenvalue weighted by Crippen LogP contribution is 1.92. The van der Waals surface area contributed by atoms with Crippen LogP contribution in [0.3, 0.4) is 0 Å². The molecule has 0 bridgehead atoms. The molecule has 0 rings (SSSR count). The lowest BCUT2D eigenvalue weighted by atomic mass is 10.4. The quantitative estimate of drug-likeness (QED) is 0.396. The van der Waals surface area contributed by atoms with Gasteiger partial charge < -0.3 is 21.9 Å². The predicted octanol–water partition coefficient (Wildman–Crippen LogP) is -1.15. The summed E-state index contributed by atoms with van der Waals surface area (Å²) in [5.41, 5.74) is 9.96. The van der Waals surface area contributed by atoms with Crippen LogP contribution >= 0.6 is 0 Å². The van der Waals surface area contributed by atoms with Gasteiger partial charge in [-0.2, -0.15) is 0 Å². The Morgan fingerprint density at radius 1 is 1.50 bits per heavy atom. The maximum atomic E-state index is 10.2. The first-order valence-corrected chi connectivity index (χ1v) is 3.55. The fraction of sp³-hybridized carbons (Fsp3) is 0.667. The number of hydrogen-bond donors (Lipinski definition) is 4. The molecule has 0 radical (unpaired) electrons. The Hall–Kier alpha value is -1.30. The topological polar surface area (TPSA) is 118 Å². The molecule has 6 N–H and O–H groups in total. The van der Waals surface area contributed by atoms with Crippen molar-refractivity contribution in [2.24, 2.45) is 11.5 Å². The average Bonchev–Trinajstić information content (AvgIpc) is 1.97. The summed E-state index contributed by atoms with van der Waals surface area (Å²) in [7, 11) is 0. The number of urea groups is 1. The highest BCUT2D eigenvalue weighted by molar-refractivity contribution is 5.73. The number of carboxylic acid groups (broad SMARTS) is 1. The van der Waals surface area contributed by atoms with Gasteiger partial charge in [0.15, 0.2) is 0 Å². The summed E-state index contributed by atoms with van der Waals surface area (Å²) in [5.74, 6) is -1.03. The van der Waals surface area contributed by atoms with Crippen LogP contribution in [0.4, 0.5) is 4.79 Å². The Bertz CT molecular complexity index is 171. The van der Waals surface area contributed by atoms with E-state index in [0.29, 0.717) is 19.4 Å². The van der Waals surface area contributed by atoms with Crippen molar-refractivity contribution in [3.8, 4) is 0 Å². The minimum absolute atomic E-state index is 0.329. The standard InChI is InChI=1S/C6H13N3O3/c7-4(5(10)11)2-1-3-9-6(8)12/h4H,1-3,7H2,(H,10,11)(H3,8,9,12)/t4-/m0/s1/i4+2. The van der Waals surface area contributed by atoms with Gasteiger partial charge in [0.2, 0.25) is 0 Å². The molecule has 6 nitrogen and oxygen atoms in total. The number of hydrogen-bond acceptors (Lipinski definition) is 3. The van der Waals surface area contributed by atoms with Crippen molar-refractivity contribution < 1.29 is 14.7 Å². The molecular weight excluding hydrogens is 164 g/mol. The van der Waals surface area contributed by atoms with Crippen molar-refractivity contribution in [2.75, 3.05) is 6.54 Å². The molecule has 0 fully saturated rings. The molecule has 0 aliphatic rings. The second kappa shape index (κ2) is 5.36. The van der Waals surface area contributed by atoms with Crippen LogP contribution in [-0.4, -0.2) is 29.7 Å². The molecule has 0 aliphatic heterocycles. The van der Waals surface area contributed by atoms with E-state index in [1.807, 2.05) is 0 Å². The second-order valence-electron chi connectivity index (χ2n) is 2.38. The van der Waals surface area contributed by atoms with E-state index in [1.165, 1.54) is 0 Å². The molecule has 0 aliphatic carbocycles. The van der Waals surface area contributed by atoms with Crippen molar-refractivity contribution >= 4 is 12.0 Å². The number of carbonyl (C=O) groups excluding carboxylic acids is 1. The Balaban J connectivity index is 3.31. The van der Waals surface area contributed by atoms with Crippen LogP contribution < -0.4 is 16.8 Å². The highest BCUT2D eigenvalue weighted by Gasteiger charge is 2.09. The molecule has 6 heteroatoms. The van der Waals surface area contributed by atoms with E-state index in [2.05, 4.69) is 5.32 Å². The lowest BCUT2D eigenvalue weighted by Gasteiger charge is -2.05. The minimum atomic E-state index is -1.03. The Labute approximate surface area is 69.9 Å². The maximum absolute atomic E-state index is 10.2. The lowest BCUT2D eigenvalue weighted by molar-refractivity contribution is -0.138. The van der Waals surface area contributed by atoms with Gasteiger partial charge in [0.25, 0.3) is 0 Å². The summed E-state index contributed by atoms with van der Waals surface area (Å²) in [6.45, 7) is 0.357. The van der Waals surface area contributed by atoms with Crippen molar-refractivity contribution in [1.29, 1.82) is 0 Å². The summed E-state index contributed by atoms with van der Waals surface area (Å²) in [6.07, 6.45) is 0.839. The van der Waals surface area contributed by atoms with Gasteiger partial charge in [-0.15, -0.1) is 0 Å². The minimum Gasteiger partial charge on any atom is -0.480 e. The largest absolute Gasteiger partial charge is 0.480 e. The monoisotopic (exact) mass is 177 g/mol. The fourth-order valence-electron chi connectivity index (χ4n) is 0.657. The van der Waals surface area contributed by atoms with Crippen molar-refractivity contribution in [3.63, 3.8) is 0 Å². The first kappa shape index (κ1) is 10.7. The second-order valence-corrected chi connectivity index (χ2v) is 2.38. The molecule has 70 valence electrons. The normalized spacial score (nSPS) is 12.1. The number of nitrogens with two attached hydrogens (primary N) is 2. The molecule has 0 aromatic rings. The molecule has 0 spiro atoms. The van der Waals surface area contributed by atoms with Gasteiger partial charge in [-0.05, 0) is 12.8 Å². The maximum Gasteiger partial charge on any atom is 0.320 e. The molecule has 12 heavy (non-hydrogen) atoms. The van der Waals surface area contributed by atoms with Gasteiger partial charge in [-0.25, -0.2) is 4.79 Å². The van der Waals surface area contributed by atoms with Gasteiger partial charge in [0.05, 0.1) is 0 Å². The Kier molecular flexibility index (Phi) is 4.78. The smallest absolute Gasteiger partial charge is 0.320 e. The zero-order chi connectivity index (χ0) is 9.56. The van der Waals surface area contributed by atoms with Crippen LogP contribution in [0.25, 0.3) is 0 Å². The molecule has 0 saturated carbocycles. The Morgan fingerprint density at radius 3 is 2.50 bits per heavy atom. The van der Waals surface area contributed by atoms with Crippen LogP contribution in [-0.2, 0) is 4.79 Å². The molecule has 0 aromatic carbocycles. The van der Waals surface area contributed by atoms with E-state index >= 15 is 0 Å². The molecule has 1 atom stereocenters. The molecule has 0 heterocycles. The highest BCUT2D eigenvalue weighted by atomic mass is 16.4. The fourth-order valence-corrected chi connectivity index (χ4v) is 0.657. The Morgan fingerprint density at radius 2 is 2.08 bits per heavy atom. The van der Waals surface area contributed by atoms with Gasteiger partial charge in [-0.3, -0.25) is 4.79 Å². The summed E-state index contributed by atoms with van der Waals surface area (Å²) in [5, 5.41) is 10.7. The zero-order valence-electron chi connectivity index (χ0n) is 6.62. The lowest BCUT2D eigenvalue weighted by Crippen LogP contribution is -2.33. The van der Waals surface area contributed by atoms with E-state index in [1.54, 1.807) is 0 Å². The SMILES string of the molecule is NC(=O)NCCC[14C@H](N)C(=O)O. The zero-order valence-corrected chi connectivity index (χ0v) is 6.62. The first-order chi connectivity index (χ1) is 5.54. The van der Waals surface area contributed by atoms with Gasteiger partial charge >= 0.3 is 12.0 Å². The van der Waals surface area contributed by atoms with E-state index in [9.17, 15) is 9.59 Å². The van der Waals surface area contributed by atoms with E-state index < -0.39 is 18.0 Å². The predicted molar refractivity (Wildman–Crippen MR) is 42.4 cm³/mol. The summed E-state index contributed by atoms with van der Waals surface area (Å²) < 4.78 is 0. The van der Waals surface area contributed by atoms with Crippen LogP contribution in [0.15, 0.2) is 0 Å². The summed E-state index contributed by atoms with van der Waals surface area (Å²) >= 11 is 0. The molecule has 0 unspecified atom stereocenters. The third kappa shape index (κ3) is 5.48. The number of nitrogens with one attached hydrogen (secondary N) is 1. The third-order valence-electron chi connectivity index (χ3n) is 1.31. The number of carboxylic acids is 1. The van der Waals surface area contributed by atoms with Gasteiger partial charge in [0, 0.05) is 6.54 Å². The van der Waals surface area contributed by atoms with E-state index in [-0.39, 0.29) is 0 Å². The number of carbonyl (C=O) groups is 2. The van der Waals surface area contributed by atoms with E-state index in [4.69, 9.17) is 16.6 Å². The molecular formula is C6H13N3O3. The van der Waals surface area contributed by atoms with E-state index in [0.717, 1.165) is 0 Å². The average molecular weight is 177 g/mol. The van der Waals surface area contributed by atoms with Gasteiger partial charge in [0.1, 0.15) is 6.04 Å². The summed E-state index contributed by atoms with van der Waals surface area (Å²) in [6, 6.07) is -1.47. The summed E-state index contributed by atoms with van der Waals surface area (Å²) in [4.78, 5) is 20.3. The molecule has 0 aromatic heterocycles. The van der Waals surface area contributed by atoms with Crippen LogP contribution in [0, 0.1) is 0 Å². The number of aliphatic carboxylic acids is 1.